The average Bonchev–Trinajstić information content (AvgIpc) is 2.33. The molecular weight excluding hydrogens is 197 g/mol. The Hall–Kier alpha value is 0.440. The lowest BCUT2D eigenvalue weighted by molar-refractivity contribution is 0.232. The second-order valence-corrected chi connectivity index (χ2v) is 6.13. The molecule has 0 saturated carbocycles. The second-order valence-electron chi connectivity index (χ2n) is 3.14. The van der Waals surface area contributed by atoms with Crippen molar-refractivity contribution < 1.29 is 9.09 Å². The van der Waals surface area contributed by atoms with Crippen molar-refractivity contribution in [3.05, 3.63) is 0 Å². The van der Waals surface area contributed by atoms with E-state index in [9.17, 15) is 4.57 Å². The van der Waals surface area contributed by atoms with Crippen molar-refractivity contribution in [3.63, 3.8) is 0 Å². The molecule has 0 radical (unpaired) electrons. The van der Waals surface area contributed by atoms with E-state index in [4.69, 9.17) is 16.1 Å². The van der Waals surface area contributed by atoms with Crippen molar-refractivity contribution in [1.29, 1.82) is 0 Å². The van der Waals surface area contributed by atoms with Crippen molar-refractivity contribution in [2.45, 2.75) is 19.4 Å². The molecule has 0 amide bonds. The fourth-order valence-corrected chi connectivity index (χ4v) is 4.00. The highest BCUT2D eigenvalue weighted by molar-refractivity contribution is 7.56. The molecule has 3 nitrogen and oxygen atoms in total. The minimum absolute atomic E-state index is 0.133. The summed E-state index contributed by atoms with van der Waals surface area (Å²) in [5.41, 5.74) is 0. The van der Waals surface area contributed by atoms with Crippen LogP contribution in [0.4, 0.5) is 0 Å². The van der Waals surface area contributed by atoms with Gasteiger partial charge < -0.3 is 4.52 Å². The zero-order valence-electron chi connectivity index (χ0n) is 7.49. The fourth-order valence-electron chi connectivity index (χ4n) is 1.26. The van der Waals surface area contributed by atoms with Gasteiger partial charge in [0.15, 0.2) is 0 Å². The molecule has 0 aromatic carbocycles. The Morgan fingerprint density at radius 3 is 2.83 bits per heavy atom. The first kappa shape index (κ1) is 10.5. The summed E-state index contributed by atoms with van der Waals surface area (Å²) < 4.78 is 19.1. The normalized spacial score (nSPS) is 36.2. The Bertz CT molecular complexity index is 200. The lowest BCUT2D eigenvalue weighted by atomic mass is 10.3. The topological polar surface area (TPSA) is 29.5 Å². The van der Waals surface area contributed by atoms with Gasteiger partial charge in [0, 0.05) is 18.6 Å². The molecular formula is C7H15ClNO2P. The van der Waals surface area contributed by atoms with E-state index in [1.165, 1.54) is 0 Å². The van der Waals surface area contributed by atoms with E-state index in [-0.39, 0.29) is 6.10 Å². The first-order valence-corrected chi connectivity index (χ1v) is 6.43. The zero-order chi connectivity index (χ0) is 9.19. The van der Waals surface area contributed by atoms with Gasteiger partial charge in [0.1, 0.15) is 0 Å². The first-order valence-electron chi connectivity index (χ1n) is 4.13. The first-order chi connectivity index (χ1) is 5.58. The van der Waals surface area contributed by atoms with Gasteiger partial charge in [0.05, 0.1) is 6.10 Å². The molecule has 0 spiro atoms. The van der Waals surface area contributed by atoms with Crippen LogP contribution in [0, 0.1) is 0 Å². The number of halogens is 1. The molecule has 1 saturated heterocycles. The van der Waals surface area contributed by atoms with E-state index in [0.29, 0.717) is 18.6 Å². The van der Waals surface area contributed by atoms with Crippen molar-refractivity contribution in [1.82, 2.24) is 4.67 Å². The molecule has 1 aliphatic rings. The summed E-state index contributed by atoms with van der Waals surface area (Å²) in [5.74, 6) is 0.498. The van der Waals surface area contributed by atoms with Gasteiger partial charge in [-0.25, -0.2) is 4.67 Å². The van der Waals surface area contributed by atoms with Crippen molar-refractivity contribution in [2.24, 2.45) is 0 Å². The summed E-state index contributed by atoms with van der Waals surface area (Å²) in [4.78, 5) is 0. The highest BCUT2D eigenvalue weighted by Crippen LogP contribution is 2.56. The average molecular weight is 212 g/mol. The monoisotopic (exact) mass is 211 g/mol. The molecule has 12 heavy (non-hydrogen) atoms. The number of nitrogens with zero attached hydrogens (tertiary/aromatic N) is 1. The molecule has 1 aliphatic heterocycles. The van der Waals surface area contributed by atoms with Gasteiger partial charge in [-0.3, -0.25) is 4.57 Å². The highest BCUT2D eigenvalue weighted by Gasteiger charge is 2.36. The maximum Gasteiger partial charge on any atom is 0.272 e. The van der Waals surface area contributed by atoms with Gasteiger partial charge in [0.25, 0.3) is 7.52 Å². The van der Waals surface area contributed by atoms with Crippen molar-refractivity contribution >= 4 is 19.1 Å². The standard InChI is InChI=1S/C7H15ClNO2P/c1-7-3-6-12(10,11-7)9(2)5-4-8/h7H,3-6H2,1-2H3. The quantitative estimate of drug-likeness (QED) is 0.529. The Balaban J connectivity index is 2.54. The summed E-state index contributed by atoms with van der Waals surface area (Å²) in [5, 5.41) is 0. The van der Waals surface area contributed by atoms with Crippen LogP contribution in [0.1, 0.15) is 13.3 Å². The highest BCUT2D eigenvalue weighted by atomic mass is 35.5. The minimum Gasteiger partial charge on any atom is -0.314 e. The van der Waals surface area contributed by atoms with Crippen LogP contribution < -0.4 is 0 Å². The van der Waals surface area contributed by atoms with Crippen LogP contribution >= 0.6 is 19.1 Å². The van der Waals surface area contributed by atoms with Gasteiger partial charge in [-0.2, -0.15) is 0 Å². The van der Waals surface area contributed by atoms with Crippen LogP contribution in [0.25, 0.3) is 0 Å². The Morgan fingerprint density at radius 2 is 2.42 bits per heavy atom. The Labute approximate surface area is 78.5 Å². The van der Waals surface area contributed by atoms with Crippen LogP contribution in [0.3, 0.4) is 0 Å². The van der Waals surface area contributed by atoms with Crippen LogP contribution in [0.5, 0.6) is 0 Å². The van der Waals surface area contributed by atoms with Crippen LogP contribution in [0.2, 0.25) is 0 Å². The molecule has 2 unspecified atom stereocenters. The number of hydrogen-bond donors (Lipinski definition) is 0. The Kier molecular flexibility index (Phi) is 3.59. The number of hydrogen-bond acceptors (Lipinski definition) is 2. The van der Waals surface area contributed by atoms with E-state index >= 15 is 0 Å². The third-order valence-electron chi connectivity index (χ3n) is 2.09. The van der Waals surface area contributed by atoms with Gasteiger partial charge >= 0.3 is 0 Å². The predicted octanol–water partition coefficient (Wildman–Crippen LogP) is 2.16. The Morgan fingerprint density at radius 1 is 1.75 bits per heavy atom. The maximum absolute atomic E-state index is 12.0. The summed E-state index contributed by atoms with van der Waals surface area (Å²) in [6, 6.07) is 0. The third-order valence-corrected chi connectivity index (χ3v) is 5.01. The number of rotatable bonds is 3. The summed E-state index contributed by atoms with van der Waals surface area (Å²) in [6.07, 6.45) is 1.69. The van der Waals surface area contributed by atoms with Gasteiger partial charge in [-0.1, -0.05) is 0 Å². The van der Waals surface area contributed by atoms with E-state index in [2.05, 4.69) is 0 Å². The van der Waals surface area contributed by atoms with E-state index in [0.717, 1.165) is 6.42 Å². The fraction of sp³-hybridized carbons (Fsp3) is 1.00. The summed E-state index contributed by atoms with van der Waals surface area (Å²) in [7, 11) is -0.678. The van der Waals surface area contributed by atoms with Gasteiger partial charge in [-0.15, -0.1) is 11.6 Å². The van der Waals surface area contributed by atoms with Crippen LogP contribution in [-0.2, 0) is 9.09 Å². The van der Waals surface area contributed by atoms with E-state index in [1.54, 1.807) is 11.7 Å². The molecule has 5 heteroatoms. The zero-order valence-corrected chi connectivity index (χ0v) is 9.15. The summed E-state index contributed by atoms with van der Waals surface area (Å²) >= 11 is 5.55. The molecule has 0 aromatic rings. The van der Waals surface area contributed by atoms with Gasteiger partial charge in [-0.05, 0) is 20.4 Å². The lowest BCUT2D eigenvalue weighted by Crippen LogP contribution is -2.18. The van der Waals surface area contributed by atoms with Crippen LogP contribution in [0.15, 0.2) is 0 Å². The molecule has 2 atom stereocenters. The smallest absolute Gasteiger partial charge is 0.272 e. The predicted molar refractivity (Wildman–Crippen MR) is 51.0 cm³/mol. The molecule has 0 aromatic heterocycles. The minimum atomic E-state index is -2.48. The largest absolute Gasteiger partial charge is 0.314 e. The second kappa shape index (κ2) is 4.10. The van der Waals surface area contributed by atoms with E-state index < -0.39 is 7.52 Å². The maximum atomic E-state index is 12.0. The molecule has 0 bridgehead atoms. The van der Waals surface area contributed by atoms with Gasteiger partial charge in [0.2, 0.25) is 0 Å². The molecule has 1 heterocycles. The molecule has 1 fully saturated rings. The van der Waals surface area contributed by atoms with Crippen molar-refractivity contribution in [3.8, 4) is 0 Å². The molecule has 0 N–H and O–H groups in total. The van der Waals surface area contributed by atoms with Crippen LogP contribution in [-0.4, -0.2) is 36.4 Å². The summed E-state index contributed by atoms with van der Waals surface area (Å²) in [6.45, 7) is 2.58. The molecule has 1 rings (SSSR count). The lowest BCUT2D eigenvalue weighted by Gasteiger charge is -2.22. The third kappa shape index (κ3) is 2.23. The SMILES string of the molecule is CC1CCP(=O)(N(C)CCCl)O1. The number of alkyl halides is 1. The molecule has 72 valence electrons. The molecule has 0 aliphatic carbocycles. The van der Waals surface area contributed by atoms with Crippen molar-refractivity contribution in [2.75, 3.05) is 25.6 Å². The van der Waals surface area contributed by atoms with E-state index in [1.807, 2.05) is 6.92 Å².